The van der Waals surface area contributed by atoms with Gasteiger partial charge in [0.2, 0.25) is 0 Å². The van der Waals surface area contributed by atoms with E-state index in [0.29, 0.717) is 18.1 Å². The average molecular weight is 253 g/mol. The van der Waals surface area contributed by atoms with Crippen molar-refractivity contribution in [2.45, 2.75) is 57.6 Å². The summed E-state index contributed by atoms with van der Waals surface area (Å²) in [5.74, 6) is 0.699. The SMILES string of the molecule is COC1CCC(C)c2sc(CCC(C)N)cc21. The third kappa shape index (κ3) is 2.90. The van der Waals surface area contributed by atoms with Crippen LogP contribution in [0.3, 0.4) is 0 Å². The molecule has 0 bridgehead atoms. The summed E-state index contributed by atoms with van der Waals surface area (Å²) in [4.78, 5) is 3.02. The number of fused-ring (bicyclic) bond motifs is 1. The molecule has 96 valence electrons. The smallest absolute Gasteiger partial charge is 0.0832 e. The molecule has 0 fully saturated rings. The predicted octanol–water partition coefficient (Wildman–Crippen LogP) is 3.61. The second-order valence-electron chi connectivity index (χ2n) is 5.25. The Morgan fingerprint density at radius 1 is 1.53 bits per heavy atom. The monoisotopic (exact) mass is 253 g/mol. The van der Waals surface area contributed by atoms with Crippen LogP contribution in [-0.2, 0) is 11.2 Å². The summed E-state index contributed by atoms with van der Waals surface area (Å²) in [7, 11) is 1.82. The van der Waals surface area contributed by atoms with Crippen LogP contribution in [0.5, 0.6) is 0 Å². The van der Waals surface area contributed by atoms with Gasteiger partial charge in [-0.25, -0.2) is 0 Å². The Hall–Kier alpha value is -0.380. The van der Waals surface area contributed by atoms with Gasteiger partial charge < -0.3 is 10.5 Å². The lowest BCUT2D eigenvalue weighted by molar-refractivity contribution is 0.0859. The zero-order valence-corrected chi connectivity index (χ0v) is 11.8. The number of aryl methyl sites for hydroxylation is 1. The van der Waals surface area contributed by atoms with Crippen molar-refractivity contribution in [3.63, 3.8) is 0 Å². The van der Waals surface area contributed by atoms with Gasteiger partial charge in [0.05, 0.1) is 6.10 Å². The molecule has 2 N–H and O–H groups in total. The zero-order valence-electron chi connectivity index (χ0n) is 11.0. The van der Waals surface area contributed by atoms with Gasteiger partial charge in [-0.1, -0.05) is 6.92 Å². The minimum atomic E-state index is 0.296. The van der Waals surface area contributed by atoms with Crippen molar-refractivity contribution >= 4 is 11.3 Å². The standard InChI is InChI=1S/C14H23NOS/c1-9-4-7-13(16-3)12-8-11(17-14(9)12)6-5-10(2)15/h8-10,13H,4-7,15H2,1-3H3. The molecule has 2 rings (SSSR count). The number of ether oxygens (including phenoxy) is 1. The Morgan fingerprint density at radius 2 is 2.29 bits per heavy atom. The summed E-state index contributed by atoms with van der Waals surface area (Å²) in [6, 6.07) is 2.65. The Labute approximate surface area is 108 Å². The van der Waals surface area contributed by atoms with E-state index in [1.165, 1.54) is 16.9 Å². The first-order chi connectivity index (χ1) is 8.11. The maximum atomic E-state index is 5.82. The van der Waals surface area contributed by atoms with Crippen LogP contribution < -0.4 is 5.73 Å². The highest BCUT2D eigenvalue weighted by molar-refractivity contribution is 7.12. The van der Waals surface area contributed by atoms with E-state index in [9.17, 15) is 0 Å². The van der Waals surface area contributed by atoms with Crippen LogP contribution in [0.2, 0.25) is 0 Å². The lowest BCUT2D eigenvalue weighted by Crippen LogP contribution is -2.15. The molecule has 0 spiro atoms. The van der Waals surface area contributed by atoms with E-state index < -0.39 is 0 Å². The quantitative estimate of drug-likeness (QED) is 0.889. The molecule has 17 heavy (non-hydrogen) atoms. The lowest BCUT2D eigenvalue weighted by atomic mass is 9.88. The fourth-order valence-corrected chi connectivity index (χ4v) is 3.85. The summed E-state index contributed by atoms with van der Waals surface area (Å²) in [6.07, 6.45) is 4.91. The summed E-state index contributed by atoms with van der Waals surface area (Å²) in [5.41, 5.74) is 7.26. The van der Waals surface area contributed by atoms with Crippen molar-refractivity contribution in [2.75, 3.05) is 7.11 Å². The fourth-order valence-electron chi connectivity index (χ4n) is 2.54. The minimum absolute atomic E-state index is 0.296. The van der Waals surface area contributed by atoms with Crippen LogP contribution in [0, 0.1) is 0 Å². The number of rotatable bonds is 4. The Kier molecular flexibility index (Phi) is 4.23. The molecule has 1 aromatic rings. The maximum absolute atomic E-state index is 5.82. The molecule has 3 atom stereocenters. The van der Waals surface area contributed by atoms with Gasteiger partial charge in [0.1, 0.15) is 0 Å². The molecule has 3 heteroatoms. The van der Waals surface area contributed by atoms with Gasteiger partial charge in [0.25, 0.3) is 0 Å². The first kappa shape index (κ1) is 13.1. The third-order valence-electron chi connectivity index (χ3n) is 3.63. The van der Waals surface area contributed by atoms with Crippen LogP contribution in [0.4, 0.5) is 0 Å². The van der Waals surface area contributed by atoms with Crippen molar-refractivity contribution < 1.29 is 4.74 Å². The van der Waals surface area contributed by atoms with Gasteiger partial charge in [-0.15, -0.1) is 11.3 Å². The first-order valence-electron chi connectivity index (χ1n) is 6.52. The van der Waals surface area contributed by atoms with Crippen molar-refractivity contribution in [1.82, 2.24) is 0 Å². The topological polar surface area (TPSA) is 35.2 Å². The Balaban J connectivity index is 2.17. The third-order valence-corrected chi connectivity index (χ3v) is 5.07. The van der Waals surface area contributed by atoms with Gasteiger partial charge in [0, 0.05) is 22.9 Å². The Bertz CT molecular complexity index is 372. The van der Waals surface area contributed by atoms with Gasteiger partial charge in [-0.3, -0.25) is 0 Å². The zero-order chi connectivity index (χ0) is 12.4. The number of methoxy groups -OCH3 is 1. The largest absolute Gasteiger partial charge is 0.377 e. The van der Waals surface area contributed by atoms with Crippen molar-refractivity contribution in [3.8, 4) is 0 Å². The van der Waals surface area contributed by atoms with Crippen LogP contribution in [0.25, 0.3) is 0 Å². The summed E-state index contributed by atoms with van der Waals surface area (Å²) in [6.45, 7) is 4.41. The Morgan fingerprint density at radius 3 is 2.94 bits per heavy atom. The van der Waals surface area contributed by atoms with E-state index in [4.69, 9.17) is 10.5 Å². The molecule has 0 saturated carbocycles. The van der Waals surface area contributed by atoms with Crippen LogP contribution >= 0.6 is 11.3 Å². The molecule has 2 nitrogen and oxygen atoms in total. The normalized spacial score (nSPS) is 25.6. The van der Waals surface area contributed by atoms with E-state index in [1.54, 1.807) is 4.88 Å². The number of hydrogen-bond donors (Lipinski definition) is 1. The highest BCUT2D eigenvalue weighted by Crippen LogP contribution is 2.43. The average Bonchev–Trinajstić information content (AvgIpc) is 2.72. The molecule has 3 unspecified atom stereocenters. The number of nitrogens with two attached hydrogens (primary N) is 1. The number of hydrogen-bond acceptors (Lipinski definition) is 3. The second kappa shape index (κ2) is 5.51. The highest BCUT2D eigenvalue weighted by atomic mass is 32.1. The van der Waals surface area contributed by atoms with Crippen molar-refractivity contribution in [3.05, 3.63) is 21.4 Å². The molecule has 1 aromatic heterocycles. The molecule has 0 aromatic carbocycles. The highest BCUT2D eigenvalue weighted by Gasteiger charge is 2.27. The lowest BCUT2D eigenvalue weighted by Gasteiger charge is -2.25. The second-order valence-corrected chi connectivity index (χ2v) is 6.42. The maximum Gasteiger partial charge on any atom is 0.0832 e. The molecule has 1 aliphatic rings. The predicted molar refractivity (Wildman–Crippen MR) is 73.7 cm³/mol. The molecule has 1 aliphatic carbocycles. The van der Waals surface area contributed by atoms with Gasteiger partial charge >= 0.3 is 0 Å². The van der Waals surface area contributed by atoms with E-state index in [0.717, 1.165) is 19.3 Å². The summed E-state index contributed by atoms with van der Waals surface area (Å²) >= 11 is 1.97. The fraction of sp³-hybridized carbons (Fsp3) is 0.714. The molecule has 0 radical (unpaired) electrons. The van der Waals surface area contributed by atoms with Crippen LogP contribution in [0.1, 0.15) is 60.4 Å². The van der Waals surface area contributed by atoms with Crippen LogP contribution in [-0.4, -0.2) is 13.2 Å². The van der Waals surface area contributed by atoms with Crippen molar-refractivity contribution in [2.24, 2.45) is 5.73 Å². The molecule has 0 aliphatic heterocycles. The van der Waals surface area contributed by atoms with Crippen LogP contribution in [0.15, 0.2) is 6.07 Å². The summed E-state index contributed by atoms with van der Waals surface area (Å²) < 4.78 is 5.59. The van der Waals surface area contributed by atoms with Gasteiger partial charge in [-0.05, 0) is 50.2 Å². The molecule has 1 heterocycles. The molecule has 0 amide bonds. The minimum Gasteiger partial charge on any atom is -0.377 e. The van der Waals surface area contributed by atoms with E-state index in [2.05, 4.69) is 19.9 Å². The molecular formula is C14H23NOS. The van der Waals surface area contributed by atoms with E-state index in [1.807, 2.05) is 18.4 Å². The van der Waals surface area contributed by atoms with Gasteiger partial charge in [0.15, 0.2) is 0 Å². The first-order valence-corrected chi connectivity index (χ1v) is 7.34. The van der Waals surface area contributed by atoms with Crippen molar-refractivity contribution in [1.29, 1.82) is 0 Å². The molecule has 0 saturated heterocycles. The molecular weight excluding hydrogens is 230 g/mol. The summed E-state index contributed by atoms with van der Waals surface area (Å²) in [5, 5.41) is 0. The van der Waals surface area contributed by atoms with Gasteiger partial charge in [-0.2, -0.15) is 0 Å². The number of thiophene rings is 1. The van der Waals surface area contributed by atoms with E-state index >= 15 is 0 Å². The van der Waals surface area contributed by atoms with E-state index in [-0.39, 0.29) is 0 Å².